The summed E-state index contributed by atoms with van der Waals surface area (Å²) in [5.41, 5.74) is 0.990. The molecule has 0 saturated carbocycles. The van der Waals surface area contributed by atoms with E-state index in [-0.39, 0.29) is 18.2 Å². The molecule has 118 valence electrons. The van der Waals surface area contributed by atoms with E-state index in [0.29, 0.717) is 6.54 Å². The molecule has 1 aromatic heterocycles. The van der Waals surface area contributed by atoms with E-state index in [0.717, 1.165) is 34.7 Å². The van der Waals surface area contributed by atoms with Crippen molar-refractivity contribution >= 4 is 27.6 Å². The summed E-state index contributed by atoms with van der Waals surface area (Å²) >= 11 is 1.63. The predicted octanol–water partition coefficient (Wildman–Crippen LogP) is 3.01. The van der Waals surface area contributed by atoms with Crippen LogP contribution < -0.4 is 5.32 Å². The molecule has 0 radical (unpaired) electrons. The molecule has 1 fully saturated rings. The SMILES string of the molecule is C[C@H](NC(=O)N(C)Cc1nc2ccccc2s1)[C@H]1CCCO1. The zero-order chi connectivity index (χ0) is 15.5. The van der Waals surface area contributed by atoms with Crippen molar-refractivity contribution in [3.63, 3.8) is 0 Å². The minimum atomic E-state index is -0.0812. The van der Waals surface area contributed by atoms with Gasteiger partial charge >= 0.3 is 6.03 Å². The zero-order valence-electron chi connectivity index (χ0n) is 12.9. The Hall–Kier alpha value is -1.66. The van der Waals surface area contributed by atoms with Crippen LogP contribution in [0.15, 0.2) is 24.3 Å². The van der Waals surface area contributed by atoms with E-state index in [9.17, 15) is 4.79 Å². The lowest BCUT2D eigenvalue weighted by Crippen LogP contribution is -2.46. The molecule has 0 aliphatic carbocycles. The number of urea groups is 1. The maximum atomic E-state index is 12.3. The number of amides is 2. The highest BCUT2D eigenvalue weighted by atomic mass is 32.1. The quantitative estimate of drug-likeness (QED) is 0.942. The molecule has 1 saturated heterocycles. The average molecular weight is 319 g/mol. The van der Waals surface area contributed by atoms with Crippen molar-refractivity contribution in [2.24, 2.45) is 0 Å². The van der Waals surface area contributed by atoms with Gasteiger partial charge in [0.25, 0.3) is 0 Å². The van der Waals surface area contributed by atoms with Gasteiger partial charge in [-0.3, -0.25) is 0 Å². The lowest BCUT2D eigenvalue weighted by Gasteiger charge is -2.23. The molecule has 3 rings (SSSR count). The van der Waals surface area contributed by atoms with Gasteiger partial charge in [0.2, 0.25) is 0 Å². The van der Waals surface area contributed by atoms with Crippen molar-refractivity contribution < 1.29 is 9.53 Å². The van der Waals surface area contributed by atoms with Gasteiger partial charge in [0, 0.05) is 13.7 Å². The predicted molar refractivity (Wildman–Crippen MR) is 88.1 cm³/mol. The number of aromatic nitrogens is 1. The Morgan fingerprint density at radius 2 is 2.36 bits per heavy atom. The normalized spacial score (nSPS) is 19.3. The van der Waals surface area contributed by atoms with Crippen molar-refractivity contribution in [3.8, 4) is 0 Å². The Kier molecular flexibility index (Phi) is 4.59. The monoisotopic (exact) mass is 319 g/mol. The first kappa shape index (κ1) is 15.2. The highest BCUT2D eigenvalue weighted by Crippen LogP contribution is 2.22. The topological polar surface area (TPSA) is 54.5 Å². The molecule has 5 nitrogen and oxygen atoms in total. The first-order chi connectivity index (χ1) is 10.6. The number of para-hydroxylation sites is 1. The van der Waals surface area contributed by atoms with Crippen LogP contribution >= 0.6 is 11.3 Å². The Morgan fingerprint density at radius 1 is 1.55 bits per heavy atom. The minimum Gasteiger partial charge on any atom is -0.376 e. The fourth-order valence-corrected chi connectivity index (χ4v) is 3.68. The molecule has 2 amide bonds. The summed E-state index contributed by atoms with van der Waals surface area (Å²) in [7, 11) is 1.80. The van der Waals surface area contributed by atoms with Gasteiger partial charge in [0.1, 0.15) is 5.01 Å². The third kappa shape index (κ3) is 3.39. The Morgan fingerprint density at radius 3 is 3.09 bits per heavy atom. The summed E-state index contributed by atoms with van der Waals surface area (Å²) in [5, 5.41) is 3.96. The van der Waals surface area contributed by atoms with E-state index in [1.165, 1.54) is 0 Å². The summed E-state index contributed by atoms with van der Waals surface area (Å²) in [6.45, 7) is 3.31. The molecular formula is C16H21N3O2S. The van der Waals surface area contributed by atoms with Gasteiger partial charge in [-0.1, -0.05) is 12.1 Å². The van der Waals surface area contributed by atoms with Crippen LogP contribution in [0.25, 0.3) is 10.2 Å². The number of hydrogen-bond acceptors (Lipinski definition) is 4. The molecule has 2 atom stereocenters. The van der Waals surface area contributed by atoms with Gasteiger partial charge < -0.3 is 15.0 Å². The Balaban J connectivity index is 1.58. The molecule has 22 heavy (non-hydrogen) atoms. The minimum absolute atomic E-state index is 0.0350. The van der Waals surface area contributed by atoms with Crippen LogP contribution in [0.5, 0.6) is 0 Å². The maximum absolute atomic E-state index is 12.3. The van der Waals surface area contributed by atoms with Crippen LogP contribution in [-0.4, -0.2) is 41.7 Å². The number of hydrogen-bond donors (Lipinski definition) is 1. The van der Waals surface area contributed by atoms with Crippen LogP contribution in [0.2, 0.25) is 0 Å². The van der Waals surface area contributed by atoms with Gasteiger partial charge in [-0.25, -0.2) is 9.78 Å². The highest BCUT2D eigenvalue weighted by Gasteiger charge is 2.24. The Bertz CT molecular complexity index is 619. The second-order valence-electron chi connectivity index (χ2n) is 5.72. The van der Waals surface area contributed by atoms with Crippen molar-refractivity contribution in [1.29, 1.82) is 0 Å². The first-order valence-corrected chi connectivity index (χ1v) is 8.43. The van der Waals surface area contributed by atoms with E-state index in [1.807, 2.05) is 25.1 Å². The number of thiazole rings is 1. The van der Waals surface area contributed by atoms with Crippen molar-refractivity contribution in [1.82, 2.24) is 15.2 Å². The number of nitrogens with zero attached hydrogens (tertiary/aromatic N) is 2. The number of nitrogens with one attached hydrogen (secondary N) is 1. The lowest BCUT2D eigenvalue weighted by molar-refractivity contribution is 0.0838. The van der Waals surface area contributed by atoms with Crippen LogP contribution in [0.4, 0.5) is 4.79 Å². The number of ether oxygens (including phenoxy) is 1. The summed E-state index contributed by atoms with van der Waals surface area (Å²) in [5.74, 6) is 0. The molecule has 0 unspecified atom stereocenters. The second kappa shape index (κ2) is 6.62. The molecule has 2 heterocycles. The van der Waals surface area contributed by atoms with E-state index in [4.69, 9.17) is 4.74 Å². The summed E-state index contributed by atoms with van der Waals surface area (Å²) in [4.78, 5) is 18.5. The number of carbonyl (C=O) groups excluding carboxylic acids is 1. The van der Waals surface area contributed by atoms with Crippen LogP contribution in [-0.2, 0) is 11.3 Å². The van der Waals surface area contributed by atoms with E-state index in [1.54, 1.807) is 23.3 Å². The van der Waals surface area contributed by atoms with Gasteiger partial charge in [-0.2, -0.15) is 0 Å². The van der Waals surface area contributed by atoms with Gasteiger partial charge in [-0.05, 0) is 31.9 Å². The molecule has 1 N–H and O–H groups in total. The third-order valence-electron chi connectivity index (χ3n) is 3.93. The summed E-state index contributed by atoms with van der Waals surface area (Å²) in [6, 6.07) is 7.98. The van der Waals surface area contributed by atoms with Crippen molar-refractivity contribution in [2.45, 2.75) is 38.5 Å². The largest absolute Gasteiger partial charge is 0.376 e. The average Bonchev–Trinajstić information content (AvgIpc) is 3.15. The number of carbonyl (C=O) groups is 1. The number of benzene rings is 1. The van der Waals surface area contributed by atoms with E-state index >= 15 is 0 Å². The van der Waals surface area contributed by atoms with Gasteiger partial charge in [-0.15, -0.1) is 11.3 Å². The van der Waals surface area contributed by atoms with Crippen LogP contribution in [0.1, 0.15) is 24.8 Å². The Labute approximate surface area is 134 Å². The molecule has 6 heteroatoms. The third-order valence-corrected chi connectivity index (χ3v) is 4.95. The van der Waals surface area contributed by atoms with Crippen molar-refractivity contribution in [2.75, 3.05) is 13.7 Å². The van der Waals surface area contributed by atoms with E-state index in [2.05, 4.69) is 16.4 Å². The molecule has 1 aliphatic heterocycles. The molecule has 0 spiro atoms. The number of fused-ring (bicyclic) bond motifs is 1. The van der Waals surface area contributed by atoms with Gasteiger partial charge in [0.05, 0.1) is 28.9 Å². The lowest BCUT2D eigenvalue weighted by atomic mass is 10.1. The fourth-order valence-electron chi connectivity index (χ4n) is 2.66. The van der Waals surface area contributed by atoms with Crippen LogP contribution in [0.3, 0.4) is 0 Å². The molecule has 1 aliphatic rings. The zero-order valence-corrected chi connectivity index (χ0v) is 13.7. The maximum Gasteiger partial charge on any atom is 0.317 e. The number of rotatable bonds is 4. The highest BCUT2D eigenvalue weighted by molar-refractivity contribution is 7.18. The smallest absolute Gasteiger partial charge is 0.317 e. The summed E-state index contributed by atoms with van der Waals surface area (Å²) in [6.07, 6.45) is 2.23. The van der Waals surface area contributed by atoms with Crippen LogP contribution in [0, 0.1) is 0 Å². The van der Waals surface area contributed by atoms with E-state index < -0.39 is 0 Å². The standard InChI is InChI=1S/C16H21N3O2S/c1-11(13-7-5-9-21-13)17-16(20)19(2)10-15-18-12-6-3-4-8-14(12)22-15/h3-4,6,8,11,13H,5,7,9-10H2,1-2H3,(H,17,20)/t11-,13+/m0/s1. The molecule has 1 aromatic carbocycles. The first-order valence-electron chi connectivity index (χ1n) is 7.61. The molecular weight excluding hydrogens is 298 g/mol. The second-order valence-corrected chi connectivity index (χ2v) is 6.84. The van der Waals surface area contributed by atoms with Gasteiger partial charge in [0.15, 0.2) is 0 Å². The fraction of sp³-hybridized carbons (Fsp3) is 0.500. The molecule has 2 aromatic rings. The summed E-state index contributed by atoms with van der Waals surface area (Å²) < 4.78 is 6.76. The molecule has 0 bridgehead atoms. The van der Waals surface area contributed by atoms with Crippen molar-refractivity contribution in [3.05, 3.63) is 29.3 Å².